The van der Waals surface area contributed by atoms with E-state index in [1.807, 2.05) is 19.9 Å². The molecular formula is C14H23NO2. The zero-order chi connectivity index (χ0) is 12.5. The summed E-state index contributed by atoms with van der Waals surface area (Å²) in [6, 6.07) is 10.7. The van der Waals surface area contributed by atoms with Crippen LogP contribution in [0.3, 0.4) is 0 Å². The highest BCUT2D eigenvalue weighted by molar-refractivity contribution is 5.17. The number of rotatable bonds is 8. The first-order valence-electron chi connectivity index (χ1n) is 6.29. The van der Waals surface area contributed by atoms with Crippen LogP contribution >= 0.6 is 0 Å². The van der Waals surface area contributed by atoms with E-state index in [1.165, 1.54) is 5.56 Å². The Labute approximate surface area is 104 Å². The summed E-state index contributed by atoms with van der Waals surface area (Å²) in [6.45, 7) is 8.15. The Balaban J connectivity index is 2.38. The summed E-state index contributed by atoms with van der Waals surface area (Å²) in [4.78, 5) is 0. The topological polar surface area (TPSA) is 30.5 Å². The van der Waals surface area contributed by atoms with Gasteiger partial charge in [0.15, 0.2) is 6.29 Å². The number of hydrogen-bond acceptors (Lipinski definition) is 3. The molecule has 1 aromatic rings. The highest BCUT2D eigenvalue weighted by atomic mass is 16.7. The van der Waals surface area contributed by atoms with Gasteiger partial charge >= 0.3 is 0 Å². The van der Waals surface area contributed by atoms with E-state index in [0.717, 1.165) is 0 Å². The first kappa shape index (κ1) is 14.2. The van der Waals surface area contributed by atoms with E-state index >= 15 is 0 Å². The lowest BCUT2D eigenvalue weighted by Gasteiger charge is -2.20. The van der Waals surface area contributed by atoms with Crippen molar-refractivity contribution < 1.29 is 9.47 Å². The van der Waals surface area contributed by atoms with Gasteiger partial charge in [-0.3, -0.25) is 0 Å². The fraction of sp³-hybridized carbons (Fsp3) is 0.571. The van der Waals surface area contributed by atoms with Crippen molar-refractivity contribution >= 4 is 0 Å². The molecule has 0 spiro atoms. The van der Waals surface area contributed by atoms with Crippen LogP contribution in [0.25, 0.3) is 0 Å². The van der Waals surface area contributed by atoms with Gasteiger partial charge in [-0.1, -0.05) is 30.3 Å². The second-order valence-corrected chi connectivity index (χ2v) is 3.88. The van der Waals surface area contributed by atoms with Gasteiger partial charge < -0.3 is 14.8 Å². The monoisotopic (exact) mass is 237 g/mol. The molecule has 0 unspecified atom stereocenters. The van der Waals surface area contributed by atoms with E-state index in [1.54, 1.807) is 0 Å². The molecule has 0 bridgehead atoms. The summed E-state index contributed by atoms with van der Waals surface area (Å²) in [6.07, 6.45) is -0.156. The Bertz CT molecular complexity index is 284. The number of nitrogens with one attached hydrogen (secondary N) is 1. The van der Waals surface area contributed by atoms with Crippen molar-refractivity contribution in [3.63, 3.8) is 0 Å². The average Bonchev–Trinajstić information content (AvgIpc) is 2.37. The maximum absolute atomic E-state index is 5.48. The molecule has 0 amide bonds. The summed E-state index contributed by atoms with van der Waals surface area (Å²) in [5.74, 6) is 0. The van der Waals surface area contributed by atoms with Crippen LogP contribution in [0, 0.1) is 0 Å². The predicted octanol–water partition coefficient (Wildman–Crippen LogP) is 2.74. The van der Waals surface area contributed by atoms with Crippen molar-refractivity contribution in [3.05, 3.63) is 35.9 Å². The Kier molecular flexibility index (Phi) is 6.86. The van der Waals surface area contributed by atoms with Gasteiger partial charge in [0.1, 0.15) is 0 Å². The molecule has 0 radical (unpaired) electrons. The molecule has 0 aliphatic heterocycles. The largest absolute Gasteiger partial charge is 0.352 e. The third kappa shape index (κ3) is 5.31. The molecule has 0 aromatic heterocycles. The maximum Gasteiger partial charge on any atom is 0.169 e. The molecular weight excluding hydrogens is 214 g/mol. The first-order valence-corrected chi connectivity index (χ1v) is 6.29. The van der Waals surface area contributed by atoms with Crippen LogP contribution in [0.1, 0.15) is 32.4 Å². The minimum atomic E-state index is -0.156. The first-order chi connectivity index (χ1) is 8.27. The van der Waals surface area contributed by atoms with Gasteiger partial charge in [0, 0.05) is 25.8 Å². The van der Waals surface area contributed by atoms with Crippen LogP contribution < -0.4 is 5.32 Å². The van der Waals surface area contributed by atoms with Crippen molar-refractivity contribution in [1.82, 2.24) is 5.32 Å². The van der Waals surface area contributed by atoms with Gasteiger partial charge in [-0.25, -0.2) is 0 Å². The molecule has 17 heavy (non-hydrogen) atoms. The fourth-order valence-electron chi connectivity index (χ4n) is 1.67. The minimum Gasteiger partial charge on any atom is -0.352 e. The van der Waals surface area contributed by atoms with Crippen LogP contribution in [-0.2, 0) is 9.47 Å². The van der Waals surface area contributed by atoms with Gasteiger partial charge in [-0.05, 0) is 26.3 Å². The van der Waals surface area contributed by atoms with Crippen LogP contribution in [0.5, 0.6) is 0 Å². The van der Waals surface area contributed by atoms with Crippen molar-refractivity contribution in [1.29, 1.82) is 0 Å². The zero-order valence-electron chi connectivity index (χ0n) is 11.0. The highest BCUT2D eigenvalue weighted by Gasteiger charge is 2.10. The molecule has 0 saturated carbocycles. The number of hydrogen-bond donors (Lipinski definition) is 1. The van der Waals surface area contributed by atoms with Crippen molar-refractivity contribution in [2.45, 2.75) is 33.1 Å². The third-order valence-electron chi connectivity index (χ3n) is 2.60. The Morgan fingerprint density at radius 1 is 1.06 bits per heavy atom. The van der Waals surface area contributed by atoms with Crippen LogP contribution in [0.15, 0.2) is 30.3 Å². The second-order valence-electron chi connectivity index (χ2n) is 3.88. The quantitative estimate of drug-likeness (QED) is 0.705. The summed E-state index contributed by atoms with van der Waals surface area (Å²) in [7, 11) is 0. The van der Waals surface area contributed by atoms with Gasteiger partial charge in [0.05, 0.1) is 0 Å². The van der Waals surface area contributed by atoms with E-state index in [4.69, 9.17) is 9.47 Å². The molecule has 1 aromatic carbocycles. The molecule has 0 aliphatic rings. The molecule has 3 heteroatoms. The normalized spacial score (nSPS) is 12.9. The summed E-state index contributed by atoms with van der Waals surface area (Å²) >= 11 is 0. The fourth-order valence-corrected chi connectivity index (χ4v) is 1.67. The molecule has 1 atom stereocenters. The molecule has 0 heterocycles. The van der Waals surface area contributed by atoms with Crippen LogP contribution in [0.2, 0.25) is 0 Å². The molecule has 0 aliphatic carbocycles. The molecule has 1 rings (SSSR count). The molecule has 96 valence electrons. The van der Waals surface area contributed by atoms with Gasteiger partial charge in [-0.15, -0.1) is 0 Å². The summed E-state index contributed by atoms with van der Waals surface area (Å²) < 4.78 is 11.0. The highest BCUT2D eigenvalue weighted by Crippen LogP contribution is 2.11. The lowest BCUT2D eigenvalue weighted by molar-refractivity contribution is -0.133. The smallest absolute Gasteiger partial charge is 0.169 e. The lowest BCUT2D eigenvalue weighted by atomic mass is 10.1. The Morgan fingerprint density at radius 3 is 2.18 bits per heavy atom. The van der Waals surface area contributed by atoms with Crippen LogP contribution in [-0.4, -0.2) is 26.0 Å². The number of benzene rings is 1. The predicted molar refractivity (Wildman–Crippen MR) is 69.9 cm³/mol. The SMILES string of the molecule is CCOC(CN[C@@H](C)c1ccccc1)OCC. The number of ether oxygens (including phenoxy) is 2. The van der Waals surface area contributed by atoms with Gasteiger partial charge in [0.25, 0.3) is 0 Å². The van der Waals surface area contributed by atoms with Gasteiger partial charge in [-0.2, -0.15) is 0 Å². The maximum atomic E-state index is 5.48. The van der Waals surface area contributed by atoms with E-state index in [2.05, 4.69) is 36.5 Å². The molecule has 0 saturated heterocycles. The zero-order valence-corrected chi connectivity index (χ0v) is 11.0. The second kappa shape index (κ2) is 8.23. The Hall–Kier alpha value is -0.900. The van der Waals surface area contributed by atoms with Gasteiger partial charge in [0.2, 0.25) is 0 Å². The molecule has 1 N–H and O–H groups in total. The third-order valence-corrected chi connectivity index (χ3v) is 2.60. The lowest BCUT2D eigenvalue weighted by Crippen LogP contribution is -2.33. The summed E-state index contributed by atoms with van der Waals surface area (Å²) in [5, 5.41) is 3.42. The summed E-state index contributed by atoms with van der Waals surface area (Å²) in [5.41, 5.74) is 1.28. The minimum absolute atomic E-state index is 0.156. The van der Waals surface area contributed by atoms with Crippen molar-refractivity contribution in [2.75, 3.05) is 19.8 Å². The van der Waals surface area contributed by atoms with Crippen molar-refractivity contribution in [3.8, 4) is 0 Å². The standard InChI is InChI=1S/C14H23NO2/c1-4-16-14(17-5-2)11-15-12(3)13-9-7-6-8-10-13/h6-10,12,14-15H,4-5,11H2,1-3H3/t12-/m0/s1. The van der Waals surface area contributed by atoms with E-state index in [0.29, 0.717) is 25.8 Å². The molecule has 0 fully saturated rings. The van der Waals surface area contributed by atoms with E-state index < -0.39 is 0 Å². The Morgan fingerprint density at radius 2 is 1.65 bits per heavy atom. The van der Waals surface area contributed by atoms with E-state index in [9.17, 15) is 0 Å². The van der Waals surface area contributed by atoms with Crippen LogP contribution in [0.4, 0.5) is 0 Å². The van der Waals surface area contributed by atoms with E-state index in [-0.39, 0.29) is 6.29 Å². The van der Waals surface area contributed by atoms with Crippen molar-refractivity contribution in [2.24, 2.45) is 0 Å². The average molecular weight is 237 g/mol. The molecule has 3 nitrogen and oxygen atoms in total.